The van der Waals surface area contributed by atoms with Crippen molar-refractivity contribution in [3.05, 3.63) is 77.9 Å². The maximum Gasteiger partial charge on any atom is 3.00 e. The van der Waals surface area contributed by atoms with Crippen LogP contribution in [0, 0.1) is 0 Å². The van der Waals surface area contributed by atoms with Crippen molar-refractivity contribution in [1.29, 1.82) is 0 Å². The Labute approximate surface area is 559 Å². The number of carbonyl (C=O) groups is 11. The van der Waals surface area contributed by atoms with Crippen molar-refractivity contribution in [2.24, 2.45) is 16.5 Å². The van der Waals surface area contributed by atoms with E-state index in [4.69, 9.17) is 11.5 Å². The Kier molecular flexibility index (Phi) is 34.5. The second-order valence-electron chi connectivity index (χ2n) is 23.0. The van der Waals surface area contributed by atoms with Crippen LogP contribution in [0.5, 0.6) is 5.75 Å². The molecule has 31 heteroatoms. The molecule has 2 saturated heterocycles. The van der Waals surface area contributed by atoms with Crippen LogP contribution in [0.4, 0.5) is 0 Å². The number of phenolic OH excluding ortho intramolecular Hbond substituents is 1. The summed E-state index contributed by atoms with van der Waals surface area (Å²) in [5.74, 6) is -8.59. The molecule has 30 nitrogen and oxygen atoms in total. The molecule has 0 radical (unpaired) electrons. The van der Waals surface area contributed by atoms with E-state index in [1.807, 2.05) is 42.5 Å². The molecular weight excluding hydrogens is 1310 g/mol. The summed E-state index contributed by atoms with van der Waals surface area (Å²) in [6.45, 7) is 0.414. The topological polar surface area (TPSA) is 442 Å². The number of unbranched alkanes of at least 4 members (excludes halogenated alkanes) is 2. The second kappa shape index (κ2) is 41.5. The number of likely N-dealkylation sites (N-methyl/N-ethyl adjacent to an activating group) is 1. The van der Waals surface area contributed by atoms with Crippen LogP contribution >= 0.6 is 0 Å². The zero-order chi connectivity index (χ0) is 67.0. The summed E-state index contributed by atoms with van der Waals surface area (Å²) in [5.41, 5.74) is 12.4. The van der Waals surface area contributed by atoms with E-state index in [0.29, 0.717) is 43.4 Å². The number of carbonyl (C=O) groups excluding carboxylic acids is 11. The molecule has 0 aliphatic carbocycles. The third-order valence-electron chi connectivity index (χ3n) is 15.7. The van der Waals surface area contributed by atoms with Gasteiger partial charge in [0.25, 0.3) is 0 Å². The van der Waals surface area contributed by atoms with Crippen LogP contribution in [0.1, 0.15) is 75.3 Å². The summed E-state index contributed by atoms with van der Waals surface area (Å²) in [6.07, 6.45) is 2.47. The van der Waals surface area contributed by atoms with Crippen LogP contribution in [-0.2, 0) is 65.6 Å². The van der Waals surface area contributed by atoms with E-state index < -0.39 is 97.8 Å². The van der Waals surface area contributed by atoms with Gasteiger partial charge >= 0.3 is 25.8 Å². The Bertz CT molecular complexity index is 2980. The number of hydrogen-bond donors (Lipinski definition) is 10. The van der Waals surface area contributed by atoms with Crippen LogP contribution in [0.3, 0.4) is 0 Å². The summed E-state index contributed by atoms with van der Waals surface area (Å²) in [4.78, 5) is 156. The minimum Gasteiger partial charge on any atom is -0.549 e. The Morgan fingerprint density at radius 2 is 1.03 bits per heavy atom. The Balaban J connectivity index is 0.0000184. The first-order valence-corrected chi connectivity index (χ1v) is 31.1. The summed E-state index contributed by atoms with van der Waals surface area (Å²) in [7, 11) is 1.39. The van der Waals surface area contributed by atoms with E-state index in [0.717, 1.165) is 10.8 Å². The van der Waals surface area contributed by atoms with Gasteiger partial charge in [0.05, 0.1) is 31.0 Å². The molecule has 4 atom stereocenters. The van der Waals surface area contributed by atoms with Gasteiger partial charge in [-0.1, -0.05) is 54.6 Å². The van der Waals surface area contributed by atoms with E-state index in [1.54, 1.807) is 26.8 Å². The molecule has 2 fully saturated rings. The van der Waals surface area contributed by atoms with Gasteiger partial charge in [-0.3, -0.25) is 62.9 Å². The molecule has 5 rings (SSSR count). The quantitative estimate of drug-likeness (QED) is 0.0168. The standard InChI is InChI=1S/C62H91N15O15.In/c1-73-50(13-9-24-66-52(80)15-4-6-22-65-51(79)14-5-7-23-67-54(82)38-74-26-28-75(39-55(83)84)30-32-77(41-57(87)88)33-31-76(29-27-74)40-56(85)86)60(91)71-47(12-8-25-68-62(63)64)59(90)72-48(36-43-16-19-44-10-2-3-11-45(44)34-43)58(89)69-37-53(81)70-49(61(73)92)35-42-17-20-46(78)21-18-42;/h2-3,10-11,16-21,34,47-50,78H,4-9,12-15,22-33,35-41H2,1H3,(H,65,79)(H,66,80)(H,67,82)(H,69,89)(H,70,81)(H,71,91)(H,72,90)(H,83,84)(H,85,86)(H,87,88)(H4,63,64,68);/q;+3/p-3/t47-,48-,49+,50+;/m0./s1. The fourth-order valence-electron chi connectivity index (χ4n) is 10.6. The van der Waals surface area contributed by atoms with Crippen molar-refractivity contribution in [3.8, 4) is 5.75 Å². The van der Waals surface area contributed by atoms with Gasteiger partial charge in [0.1, 0.15) is 29.9 Å². The summed E-state index contributed by atoms with van der Waals surface area (Å²) in [6, 6.07) is 14.2. The summed E-state index contributed by atoms with van der Waals surface area (Å²) >= 11 is 0. The zero-order valence-electron chi connectivity index (χ0n) is 52.7. The summed E-state index contributed by atoms with van der Waals surface area (Å²) in [5, 5.41) is 65.6. The molecule has 12 N–H and O–H groups in total. The van der Waals surface area contributed by atoms with Crippen molar-refractivity contribution >= 4 is 108 Å². The minimum absolute atomic E-state index is 0. The summed E-state index contributed by atoms with van der Waals surface area (Å²) < 4.78 is 0. The van der Waals surface area contributed by atoms with Crippen LogP contribution < -0.4 is 64.0 Å². The molecule has 2 aliphatic heterocycles. The number of fused-ring (bicyclic) bond motifs is 1. The first kappa shape index (κ1) is 77.3. The van der Waals surface area contributed by atoms with Crippen molar-refractivity contribution in [2.45, 2.75) is 101 Å². The molecule has 3 aromatic rings. The van der Waals surface area contributed by atoms with Gasteiger partial charge in [-0.15, -0.1) is 0 Å². The predicted molar refractivity (Wildman–Crippen MR) is 337 cm³/mol. The van der Waals surface area contributed by atoms with Crippen molar-refractivity contribution in [2.75, 3.05) is 118 Å². The maximum atomic E-state index is 14.6. The van der Waals surface area contributed by atoms with E-state index in [1.165, 1.54) is 29.0 Å². The number of aliphatic carboxylic acids is 3. The van der Waals surface area contributed by atoms with Gasteiger partial charge in [-0.05, 0) is 85.4 Å². The number of hydrogen-bond acceptors (Lipinski definition) is 20. The number of rotatable bonds is 30. The molecule has 2 heterocycles. The molecule has 93 heavy (non-hydrogen) atoms. The number of nitrogens with one attached hydrogen (secondary N) is 7. The number of carboxylic acid groups (broad SMARTS) is 3. The van der Waals surface area contributed by atoms with Gasteiger partial charge in [-0.2, -0.15) is 0 Å². The first-order valence-electron chi connectivity index (χ1n) is 31.1. The van der Waals surface area contributed by atoms with Gasteiger partial charge in [0.2, 0.25) is 47.3 Å². The maximum absolute atomic E-state index is 14.6. The average Bonchev–Trinajstić information content (AvgIpc) is 1.80. The molecule has 504 valence electrons. The fraction of sp³-hybridized carbons (Fsp3) is 0.548. The van der Waals surface area contributed by atoms with Crippen LogP contribution in [0.25, 0.3) is 10.8 Å². The second-order valence-corrected chi connectivity index (χ2v) is 23.0. The van der Waals surface area contributed by atoms with Crippen LogP contribution in [0.15, 0.2) is 71.7 Å². The smallest absolute Gasteiger partial charge is 0.549 e. The predicted octanol–water partition coefficient (Wildman–Crippen LogP) is -6.64. The molecule has 0 bridgehead atoms. The van der Waals surface area contributed by atoms with Crippen molar-refractivity contribution in [3.63, 3.8) is 0 Å². The third-order valence-corrected chi connectivity index (χ3v) is 15.7. The molecule has 3 aromatic carbocycles. The molecule has 2 aliphatic rings. The van der Waals surface area contributed by atoms with Crippen LogP contribution in [-0.4, -0.2) is 269 Å². The zero-order valence-corrected chi connectivity index (χ0v) is 56.0. The fourth-order valence-corrected chi connectivity index (χ4v) is 10.6. The largest absolute Gasteiger partial charge is 3.00 e. The number of nitrogens with two attached hydrogens (primary N) is 2. The Morgan fingerprint density at radius 3 is 1.57 bits per heavy atom. The number of aliphatic imine (C=N–C) groups is 1. The normalized spacial score (nSPS) is 18.9. The third kappa shape index (κ3) is 30.0. The van der Waals surface area contributed by atoms with Gasteiger partial charge in [0, 0.05) is 131 Å². The van der Waals surface area contributed by atoms with Crippen molar-refractivity contribution < 1.29 is 73.2 Å². The van der Waals surface area contributed by atoms with E-state index in [9.17, 15) is 73.2 Å². The van der Waals surface area contributed by atoms with Gasteiger partial charge < -0.3 is 88.4 Å². The number of amides is 8. The Morgan fingerprint density at radius 1 is 0.548 bits per heavy atom. The minimum atomic E-state index is -1.33. The van der Waals surface area contributed by atoms with E-state index in [2.05, 4.69) is 42.2 Å². The average molecular weight is 1400 g/mol. The molecular formula is C62H88InN15O15. The number of carboxylic acids is 3. The number of phenols is 1. The molecule has 0 aromatic heterocycles. The molecule has 0 saturated carbocycles. The monoisotopic (exact) mass is 1400 g/mol. The molecule has 0 unspecified atom stereocenters. The molecule has 8 amide bonds. The molecule has 0 spiro atoms. The van der Waals surface area contributed by atoms with Crippen LogP contribution in [0.2, 0.25) is 0 Å². The van der Waals surface area contributed by atoms with E-state index >= 15 is 0 Å². The van der Waals surface area contributed by atoms with Crippen molar-refractivity contribution in [1.82, 2.24) is 61.7 Å². The number of benzene rings is 3. The van der Waals surface area contributed by atoms with Gasteiger partial charge in [0.15, 0.2) is 5.96 Å². The SMILES string of the molecule is CN1C(=O)[C@@H](Cc2ccc(O)cc2)NC(=O)CNC(=O)[C@H](Cc2ccc3ccccc3c2)NC(=O)[C@H](CCCN=C(N)N)NC(=O)[C@H]1CCCNC(=O)CCCCNC(=O)CCCCNC(=O)CN1CCN(CC(=O)[O-])CCN(CC(=O)[O-])CCN(CC(=O)[O-])CC1.[In+3]. The number of guanidine groups is 1. The first-order chi connectivity index (χ1) is 44.0. The van der Waals surface area contributed by atoms with Gasteiger partial charge in [-0.25, -0.2) is 0 Å². The number of nitrogens with zero attached hydrogens (tertiary/aromatic N) is 6. The van der Waals surface area contributed by atoms with E-state index in [-0.39, 0.29) is 185 Å². The Hall–Kier alpha value is -8.13. The number of aromatic hydroxyl groups is 1.